The van der Waals surface area contributed by atoms with E-state index in [1.807, 2.05) is 6.92 Å². The van der Waals surface area contributed by atoms with Crippen molar-refractivity contribution in [3.05, 3.63) is 29.6 Å². The maximum Gasteiger partial charge on any atom is 0.433 e. The van der Waals surface area contributed by atoms with Crippen molar-refractivity contribution >= 4 is 5.91 Å². The molecule has 1 atom stereocenters. The Balaban J connectivity index is 1.49. The van der Waals surface area contributed by atoms with E-state index in [9.17, 15) is 23.1 Å². The van der Waals surface area contributed by atoms with Crippen LogP contribution in [0.15, 0.2) is 18.2 Å². The van der Waals surface area contributed by atoms with E-state index in [1.54, 1.807) is 11.0 Å². The quantitative estimate of drug-likeness (QED) is 0.883. The summed E-state index contributed by atoms with van der Waals surface area (Å²) < 4.78 is 38.1. The Labute approximate surface area is 145 Å². The number of aromatic nitrogens is 1. The summed E-state index contributed by atoms with van der Waals surface area (Å²) in [5.74, 6) is 0.0224. The van der Waals surface area contributed by atoms with Crippen molar-refractivity contribution in [1.29, 1.82) is 0 Å². The van der Waals surface area contributed by atoms with E-state index in [1.165, 1.54) is 6.07 Å². The Morgan fingerprint density at radius 1 is 1.40 bits per heavy atom. The zero-order valence-electron chi connectivity index (χ0n) is 14.2. The minimum Gasteiger partial charge on any atom is -0.396 e. The van der Waals surface area contributed by atoms with E-state index >= 15 is 0 Å². The van der Waals surface area contributed by atoms with Crippen LogP contribution in [0.3, 0.4) is 0 Å². The first-order chi connectivity index (χ1) is 11.8. The lowest BCUT2D eigenvalue weighted by atomic mass is 9.56. The largest absolute Gasteiger partial charge is 0.433 e. The number of halogens is 3. The van der Waals surface area contributed by atoms with Crippen LogP contribution in [0.5, 0.6) is 0 Å². The van der Waals surface area contributed by atoms with Gasteiger partial charge in [-0.15, -0.1) is 0 Å². The summed E-state index contributed by atoms with van der Waals surface area (Å²) in [6.45, 7) is 3.17. The van der Waals surface area contributed by atoms with Crippen LogP contribution in [-0.2, 0) is 17.4 Å². The first kappa shape index (κ1) is 18.2. The molecule has 1 aliphatic carbocycles. The minimum absolute atomic E-state index is 0.0126. The summed E-state index contributed by atoms with van der Waals surface area (Å²) in [6, 6.07) is 4.04. The average Bonchev–Trinajstić information content (AvgIpc) is 2.48. The predicted octanol–water partition coefficient (Wildman–Crippen LogP) is 2.90. The van der Waals surface area contributed by atoms with Gasteiger partial charge in [0.15, 0.2) is 0 Å². The van der Waals surface area contributed by atoms with Gasteiger partial charge in [-0.1, -0.05) is 13.0 Å². The molecular formula is C18H23F3N2O2. The molecule has 1 spiro atoms. The molecule has 1 saturated heterocycles. The molecule has 0 aromatic carbocycles. The molecule has 0 radical (unpaired) electrons. The van der Waals surface area contributed by atoms with Gasteiger partial charge in [-0.2, -0.15) is 13.2 Å². The van der Waals surface area contributed by atoms with Gasteiger partial charge in [0.05, 0.1) is 12.5 Å². The first-order valence-corrected chi connectivity index (χ1v) is 8.69. The van der Waals surface area contributed by atoms with Gasteiger partial charge in [0.1, 0.15) is 5.69 Å². The summed E-state index contributed by atoms with van der Waals surface area (Å²) in [7, 11) is 0. The molecule has 2 heterocycles. The molecule has 0 bridgehead atoms. The van der Waals surface area contributed by atoms with Crippen molar-refractivity contribution in [3.8, 4) is 0 Å². The Bertz CT molecular complexity index is 629. The molecule has 1 saturated carbocycles. The van der Waals surface area contributed by atoms with Crippen molar-refractivity contribution in [2.24, 2.45) is 17.3 Å². The van der Waals surface area contributed by atoms with Gasteiger partial charge in [0.2, 0.25) is 5.91 Å². The van der Waals surface area contributed by atoms with Gasteiger partial charge in [-0.25, -0.2) is 4.98 Å². The third-order valence-electron chi connectivity index (χ3n) is 5.47. The van der Waals surface area contributed by atoms with Crippen LogP contribution in [0.2, 0.25) is 0 Å². The monoisotopic (exact) mass is 356 g/mol. The Morgan fingerprint density at radius 3 is 2.64 bits per heavy atom. The van der Waals surface area contributed by atoms with E-state index in [0.29, 0.717) is 37.5 Å². The fourth-order valence-electron chi connectivity index (χ4n) is 4.17. The van der Waals surface area contributed by atoms with Gasteiger partial charge in [-0.05, 0) is 43.7 Å². The second kappa shape index (κ2) is 6.59. The van der Waals surface area contributed by atoms with E-state index in [-0.39, 0.29) is 23.8 Å². The van der Waals surface area contributed by atoms with Crippen LogP contribution in [0, 0.1) is 17.3 Å². The Morgan fingerprint density at radius 2 is 2.08 bits per heavy atom. The SMILES string of the molecule is CC[C@H](CO)C(=O)N1CC2(CC(Cc3cccc(C(F)(F)F)n3)C2)C1. The summed E-state index contributed by atoms with van der Waals surface area (Å²) in [5, 5.41) is 9.22. The molecule has 1 aliphatic heterocycles. The molecule has 1 aromatic heterocycles. The molecule has 7 heteroatoms. The number of hydrogen-bond donors (Lipinski definition) is 1. The standard InChI is InChI=1S/C18H23F3N2O2/c1-2-13(9-24)16(25)23-10-17(11-23)7-12(8-17)6-14-4-3-5-15(22-14)18(19,20)21/h3-5,12-13,24H,2,6-11H2,1H3/t13-/m1/s1. The highest BCUT2D eigenvalue weighted by Gasteiger charge is 2.53. The molecular weight excluding hydrogens is 333 g/mol. The first-order valence-electron chi connectivity index (χ1n) is 8.69. The normalized spacial score (nSPS) is 20.9. The molecule has 3 rings (SSSR count). The third-order valence-corrected chi connectivity index (χ3v) is 5.47. The van der Waals surface area contributed by atoms with Crippen LogP contribution >= 0.6 is 0 Å². The highest BCUT2D eigenvalue weighted by Crippen LogP contribution is 2.53. The van der Waals surface area contributed by atoms with Crippen molar-refractivity contribution in [1.82, 2.24) is 9.88 Å². The lowest BCUT2D eigenvalue weighted by Crippen LogP contribution is -2.65. The van der Waals surface area contributed by atoms with Gasteiger partial charge < -0.3 is 10.0 Å². The third kappa shape index (κ3) is 3.66. The van der Waals surface area contributed by atoms with E-state index in [0.717, 1.165) is 18.9 Å². The van der Waals surface area contributed by atoms with Crippen LogP contribution in [0.25, 0.3) is 0 Å². The topological polar surface area (TPSA) is 53.4 Å². The molecule has 2 aliphatic rings. The van der Waals surface area contributed by atoms with Crippen molar-refractivity contribution in [2.75, 3.05) is 19.7 Å². The fraction of sp³-hybridized carbons (Fsp3) is 0.667. The van der Waals surface area contributed by atoms with Crippen LogP contribution in [0.4, 0.5) is 13.2 Å². The highest BCUT2D eigenvalue weighted by molar-refractivity contribution is 5.80. The number of aliphatic hydroxyl groups is 1. The number of carbonyl (C=O) groups is 1. The molecule has 1 N–H and O–H groups in total. The number of aliphatic hydroxyl groups excluding tert-OH is 1. The number of hydrogen-bond acceptors (Lipinski definition) is 3. The van der Waals surface area contributed by atoms with Gasteiger partial charge >= 0.3 is 6.18 Å². The number of likely N-dealkylation sites (tertiary alicyclic amines) is 1. The lowest BCUT2D eigenvalue weighted by molar-refractivity contribution is -0.160. The predicted molar refractivity (Wildman–Crippen MR) is 85.5 cm³/mol. The average molecular weight is 356 g/mol. The Kier molecular flexibility index (Phi) is 4.79. The van der Waals surface area contributed by atoms with Gasteiger partial charge in [-0.3, -0.25) is 4.79 Å². The number of nitrogens with zero attached hydrogens (tertiary/aromatic N) is 2. The minimum atomic E-state index is -4.41. The van der Waals surface area contributed by atoms with Gasteiger partial charge in [0.25, 0.3) is 0 Å². The second-order valence-electron chi connectivity index (χ2n) is 7.47. The summed E-state index contributed by atoms with van der Waals surface area (Å²) in [6.07, 6.45) is -1.39. The number of carbonyl (C=O) groups excluding carboxylic acids is 1. The number of alkyl halides is 3. The maximum atomic E-state index is 12.7. The smallest absolute Gasteiger partial charge is 0.396 e. The Hall–Kier alpha value is -1.63. The van der Waals surface area contributed by atoms with Gasteiger partial charge in [0, 0.05) is 24.2 Å². The van der Waals surface area contributed by atoms with Crippen LogP contribution < -0.4 is 0 Å². The highest BCUT2D eigenvalue weighted by atomic mass is 19.4. The summed E-state index contributed by atoms with van der Waals surface area (Å²) >= 11 is 0. The summed E-state index contributed by atoms with van der Waals surface area (Å²) in [4.78, 5) is 17.7. The lowest BCUT2D eigenvalue weighted by Gasteiger charge is -2.59. The van der Waals surface area contributed by atoms with Crippen LogP contribution in [0.1, 0.15) is 37.6 Å². The molecule has 1 amide bonds. The van der Waals surface area contributed by atoms with Crippen LogP contribution in [-0.4, -0.2) is 40.6 Å². The molecule has 0 unspecified atom stereocenters. The molecule has 4 nitrogen and oxygen atoms in total. The van der Waals surface area contributed by atoms with E-state index < -0.39 is 11.9 Å². The zero-order valence-corrected chi connectivity index (χ0v) is 14.2. The van der Waals surface area contributed by atoms with Crippen molar-refractivity contribution < 1.29 is 23.1 Å². The molecule has 2 fully saturated rings. The molecule has 138 valence electrons. The number of amides is 1. The molecule has 25 heavy (non-hydrogen) atoms. The maximum absolute atomic E-state index is 12.7. The van der Waals surface area contributed by atoms with Crippen molar-refractivity contribution in [3.63, 3.8) is 0 Å². The number of pyridine rings is 1. The van der Waals surface area contributed by atoms with E-state index in [4.69, 9.17) is 0 Å². The second-order valence-corrected chi connectivity index (χ2v) is 7.47. The molecule has 1 aromatic rings. The zero-order chi connectivity index (χ0) is 18.2. The summed E-state index contributed by atoms with van der Waals surface area (Å²) in [5.41, 5.74) is -0.224. The van der Waals surface area contributed by atoms with E-state index in [2.05, 4.69) is 4.98 Å². The van der Waals surface area contributed by atoms with Crippen molar-refractivity contribution in [2.45, 2.75) is 38.8 Å². The number of rotatable bonds is 5. The fourth-order valence-corrected chi connectivity index (χ4v) is 4.17.